The van der Waals surface area contributed by atoms with Crippen LogP contribution in [0.25, 0.3) is 0 Å². The SMILES string of the molecule is Brc1ccc(N2C[C@H]3C=C[C@@H](c4ccccc4)N4C[C@@]34C2)cc1. The lowest BCUT2D eigenvalue weighted by Crippen LogP contribution is -2.32. The van der Waals surface area contributed by atoms with E-state index in [1.165, 1.54) is 17.8 Å². The van der Waals surface area contributed by atoms with Crippen LogP contribution in [0.3, 0.4) is 0 Å². The summed E-state index contributed by atoms with van der Waals surface area (Å²) in [5.74, 6) is 0.658. The largest absolute Gasteiger partial charge is 0.369 e. The number of nitrogens with zero attached hydrogens (tertiary/aromatic N) is 2. The number of rotatable bonds is 2. The van der Waals surface area contributed by atoms with Crippen LogP contribution < -0.4 is 4.90 Å². The van der Waals surface area contributed by atoms with Gasteiger partial charge in [-0.05, 0) is 29.8 Å². The van der Waals surface area contributed by atoms with Crippen molar-refractivity contribution >= 4 is 21.6 Å². The third kappa shape index (κ3) is 2.10. The monoisotopic (exact) mass is 366 g/mol. The minimum atomic E-state index is 0.363. The highest BCUT2D eigenvalue weighted by Gasteiger charge is 2.64. The van der Waals surface area contributed by atoms with Gasteiger partial charge in [0.25, 0.3) is 0 Å². The van der Waals surface area contributed by atoms with Gasteiger partial charge in [-0.25, -0.2) is 0 Å². The zero-order valence-corrected chi connectivity index (χ0v) is 14.5. The minimum absolute atomic E-state index is 0.363. The van der Waals surface area contributed by atoms with Gasteiger partial charge in [-0.15, -0.1) is 0 Å². The summed E-state index contributed by atoms with van der Waals surface area (Å²) in [6.07, 6.45) is 4.89. The van der Waals surface area contributed by atoms with E-state index < -0.39 is 0 Å². The van der Waals surface area contributed by atoms with Crippen molar-refractivity contribution in [2.75, 3.05) is 24.5 Å². The Morgan fingerprint density at radius 1 is 0.913 bits per heavy atom. The quantitative estimate of drug-likeness (QED) is 0.578. The van der Waals surface area contributed by atoms with Crippen LogP contribution >= 0.6 is 15.9 Å². The summed E-state index contributed by atoms with van der Waals surface area (Å²) in [7, 11) is 0. The molecular formula is C20H19BrN2. The van der Waals surface area contributed by atoms with Crippen molar-refractivity contribution in [3.8, 4) is 0 Å². The molecular weight excluding hydrogens is 348 g/mol. The molecule has 0 N–H and O–H groups in total. The molecule has 0 aliphatic carbocycles. The Labute approximate surface area is 145 Å². The lowest BCUT2D eigenvalue weighted by atomic mass is 9.90. The summed E-state index contributed by atoms with van der Waals surface area (Å²) in [5.41, 5.74) is 3.12. The van der Waals surface area contributed by atoms with Gasteiger partial charge in [0.05, 0.1) is 11.6 Å². The molecule has 1 unspecified atom stereocenters. The van der Waals surface area contributed by atoms with Crippen LogP contribution in [0.15, 0.2) is 71.2 Å². The third-order valence-electron chi connectivity index (χ3n) is 5.68. The van der Waals surface area contributed by atoms with Crippen LogP contribution in [0.5, 0.6) is 0 Å². The summed E-state index contributed by atoms with van der Waals surface area (Å²) < 4.78 is 1.15. The second kappa shape index (κ2) is 4.96. The number of benzene rings is 2. The normalized spacial score (nSPS) is 34.1. The van der Waals surface area contributed by atoms with E-state index in [-0.39, 0.29) is 0 Å². The summed E-state index contributed by atoms with van der Waals surface area (Å²) in [6, 6.07) is 20.1. The second-order valence-corrected chi connectivity index (χ2v) is 7.85. The molecule has 3 heteroatoms. The zero-order valence-electron chi connectivity index (χ0n) is 12.9. The highest BCUT2D eigenvalue weighted by molar-refractivity contribution is 9.10. The maximum absolute atomic E-state index is 3.53. The molecule has 2 nitrogen and oxygen atoms in total. The van der Waals surface area contributed by atoms with Gasteiger partial charge in [0.1, 0.15) is 0 Å². The van der Waals surface area contributed by atoms with Crippen LogP contribution in [0.2, 0.25) is 0 Å². The smallest absolute Gasteiger partial charge is 0.0600 e. The van der Waals surface area contributed by atoms with Crippen molar-refractivity contribution in [1.82, 2.24) is 4.90 Å². The first kappa shape index (κ1) is 13.8. The van der Waals surface area contributed by atoms with Gasteiger partial charge in [-0.3, -0.25) is 4.90 Å². The minimum Gasteiger partial charge on any atom is -0.369 e. The van der Waals surface area contributed by atoms with Crippen molar-refractivity contribution in [2.24, 2.45) is 5.92 Å². The molecule has 2 aromatic rings. The summed E-state index contributed by atoms with van der Waals surface area (Å²) in [6.45, 7) is 3.50. The zero-order chi connectivity index (χ0) is 15.4. The van der Waals surface area contributed by atoms with Crippen LogP contribution in [-0.2, 0) is 0 Å². The summed E-state index contributed by atoms with van der Waals surface area (Å²) >= 11 is 3.53. The van der Waals surface area contributed by atoms with Crippen LogP contribution in [0.4, 0.5) is 5.69 Å². The number of anilines is 1. The van der Waals surface area contributed by atoms with E-state index >= 15 is 0 Å². The maximum atomic E-state index is 3.53. The van der Waals surface area contributed by atoms with Crippen molar-refractivity contribution in [2.45, 2.75) is 11.6 Å². The molecule has 3 aliphatic heterocycles. The molecule has 3 heterocycles. The predicted octanol–water partition coefficient (Wildman–Crippen LogP) is 4.25. The van der Waals surface area contributed by atoms with E-state index in [2.05, 4.69) is 92.5 Å². The number of halogens is 1. The highest BCUT2D eigenvalue weighted by Crippen LogP contribution is 2.54. The van der Waals surface area contributed by atoms with Gasteiger partial charge in [-0.1, -0.05) is 58.4 Å². The molecule has 0 radical (unpaired) electrons. The maximum Gasteiger partial charge on any atom is 0.0600 e. The van der Waals surface area contributed by atoms with Gasteiger partial charge in [0.15, 0.2) is 0 Å². The average Bonchev–Trinajstić information content (AvgIpc) is 3.20. The van der Waals surface area contributed by atoms with Crippen LogP contribution in [0, 0.1) is 5.92 Å². The van der Waals surface area contributed by atoms with E-state index in [9.17, 15) is 0 Å². The first-order valence-electron chi connectivity index (χ1n) is 8.27. The number of hydrogen-bond acceptors (Lipinski definition) is 2. The van der Waals surface area contributed by atoms with Gasteiger partial charge < -0.3 is 4.90 Å². The van der Waals surface area contributed by atoms with E-state index in [4.69, 9.17) is 0 Å². The van der Waals surface area contributed by atoms with E-state index in [1.807, 2.05) is 0 Å². The lowest BCUT2D eigenvalue weighted by Gasteiger charge is -2.27. The Morgan fingerprint density at radius 3 is 2.48 bits per heavy atom. The molecule has 3 aliphatic rings. The van der Waals surface area contributed by atoms with Crippen LogP contribution in [-0.4, -0.2) is 30.1 Å². The lowest BCUT2D eigenvalue weighted by molar-refractivity contribution is 0.325. The van der Waals surface area contributed by atoms with Gasteiger partial charge >= 0.3 is 0 Å². The van der Waals surface area contributed by atoms with Gasteiger partial charge in [0.2, 0.25) is 0 Å². The second-order valence-electron chi connectivity index (χ2n) is 6.94. The molecule has 0 bridgehead atoms. The molecule has 4 atom stereocenters. The summed E-state index contributed by atoms with van der Waals surface area (Å²) in [4.78, 5) is 5.24. The molecule has 116 valence electrons. The van der Waals surface area contributed by atoms with Crippen molar-refractivity contribution in [1.29, 1.82) is 0 Å². The fraction of sp³-hybridized carbons (Fsp3) is 0.300. The standard InChI is InChI=1S/C20H19BrN2/c21-17-7-9-18(10-8-17)22-12-16-6-11-19(15-4-2-1-3-5-15)23-14-20(16,23)13-22/h1-11,16,19H,12-14H2/t16-,19+,20+,23?/m1/s1. The molecule has 2 saturated heterocycles. The molecule has 23 heavy (non-hydrogen) atoms. The Kier molecular flexibility index (Phi) is 2.98. The molecule has 0 aromatic heterocycles. The van der Waals surface area contributed by atoms with Crippen molar-refractivity contribution in [3.05, 3.63) is 76.8 Å². The van der Waals surface area contributed by atoms with Crippen molar-refractivity contribution < 1.29 is 0 Å². The molecule has 1 spiro atoms. The molecule has 5 rings (SSSR count). The first-order chi connectivity index (χ1) is 11.3. The predicted molar refractivity (Wildman–Crippen MR) is 97.6 cm³/mol. The van der Waals surface area contributed by atoms with Crippen molar-refractivity contribution in [3.63, 3.8) is 0 Å². The van der Waals surface area contributed by atoms with E-state index in [0.29, 0.717) is 17.5 Å². The van der Waals surface area contributed by atoms with Crippen LogP contribution in [0.1, 0.15) is 11.6 Å². The average molecular weight is 367 g/mol. The Balaban J connectivity index is 1.42. The molecule has 0 amide bonds. The third-order valence-corrected chi connectivity index (χ3v) is 6.21. The van der Waals surface area contributed by atoms with Gasteiger partial charge in [0, 0.05) is 35.7 Å². The van der Waals surface area contributed by atoms with E-state index in [1.54, 1.807) is 0 Å². The topological polar surface area (TPSA) is 6.25 Å². The number of hydrogen-bond donors (Lipinski definition) is 0. The molecule has 2 aromatic carbocycles. The Morgan fingerprint density at radius 2 is 1.70 bits per heavy atom. The Hall–Kier alpha value is -1.58. The van der Waals surface area contributed by atoms with Gasteiger partial charge in [-0.2, -0.15) is 0 Å². The van der Waals surface area contributed by atoms with E-state index in [0.717, 1.165) is 17.6 Å². The fourth-order valence-electron chi connectivity index (χ4n) is 4.40. The molecule has 2 fully saturated rings. The Bertz CT molecular complexity index is 755. The fourth-order valence-corrected chi connectivity index (χ4v) is 4.66. The summed E-state index contributed by atoms with van der Waals surface area (Å²) in [5, 5.41) is 0. The highest BCUT2D eigenvalue weighted by atomic mass is 79.9. The first-order valence-corrected chi connectivity index (χ1v) is 9.06. The molecule has 0 saturated carbocycles.